The average molecular weight is 563 g/mol. The van der Waals surface area contributed by atoms with Gasteiger partial charge in [-0.15, -0.1) is 0 Å². The maximum absolute atomic E-state index is 13.8. The lowest BCUT2D eigenvalue weighted by Crippen LogP contribution is -2.52. The number of carbonyl (C=O) groups excluding carboxylic acids is 2. The molecule has 0 saturated heterocycles. The highest BCUT2D eigenvalue weighted by molar-refractivity contribution is 7.92. The Kier molecular flexibility index (Phi) is 9.97. The molecule has 0 fully saturated rings. The van der Waals surface area contributed by atoms with E-state index >= 15 is 0 Å². The van der Waals surface area contributed by atoms with E-state index in [2.05, 4.69) is 5.32 Å². The summed E-state index contributed by atoms with van der Waals surface area (Å²) in [5.41, 5.74) is 1.13. The first-order valence-electron chi connectivity index (χ1n) is 11.8. The van der Waals surface area contributed by atoms with Crippen LogP contribution in [0.2, 0.25) is 10.0 Å². The van der Waals surface area contributed by atoms with Crippen LogP contribution in [0.3, 0.4) is 0 Å². The van der Waals surface area contributed by atoms with E-state index in [1.807, 2.05) is 30.3 Å². The Bertz CT molecular complexity index is 1300. The van der Waals surface area contributed by atoms with Crippen molar-refractivity contribution in [2.45, 2.75) is 30.7 Å². The molecule has 2 amide bonds. The fourth-order valence-electron chi connectivity index (χ4n) is 3.99. The van der Waals surface area contributed by atoms with Crippen LogP contribution >= 0.6 is 23.2 Å². The minimum absolute atomic E-state index is 0.00748. The highest BCUT2D eigenvalue weighted by Crippen LogP contribution is 2.30. The van der Waals surface area contributed by atoms with Crippen molar-refractivity contribution in [2.75, 3.05) is 24.4 Å². The minimum Gasteiger partial charge on any atom is -0.357 e. The topological polar surface area (TPSA) is 86.8 Å². The number of amides is 2. The van der Waals surface area contributed by atoms with Gasteiger partial charge in [0.2, 0.25) is 11.8 Å². The van der Waals surface area contributed by atoms with E-state index < -0.39 is 28.5 Å². The molecule has 1 unspecified atom stereocenters. The predicted octanol–water partition coefficient (Wildman–Crippen LogP) is 4.78. The Labute approximate surface area is 228 Å². The third kappa shape index (κ3) is 7.25. The molecule has 37 heavy (non-hydrogen) atoms. The van der Waals surface area contributed by atoms with E-state index in [-0.39, 0.29) is 33.1 Å². The Balaban J connectivity index is 2.02. The van der Waals surface area contributed by atoms with Gasteiger partial charge in [0.05, 0.1) is 10.6 Å². The second-order valence-electron chi connectivity index (χ2n) is 8.31. The van der Waals surface area contributed by atoms with Gasteiger partial charge in [-0.1, -0.05) is 78.7 Å². The van der Waals surface area contributed by atoms with Gasteiger partial charge in [-0.05, 0) is 48.7 Å². The molecular weight excluding hydrogens is 533 g/mol. The van der Waals surface area contributed by atoms with E-state index in [0.29, 0.717) is 12.8 Å². The van der Waals surface area contributed by atoms with Crippen LogP contribution in [0.25, 0.3) is 0 Å². The zero-order chi connectivity index (χ0) is 27.0. The Morgan fingerprint density at radius 2 is 1.49 bits per heavy atom. The van der Waals surface area contributed by atoms with Gasteiger partial charge >= 0.3 is 0 Å². The average Bonchev–Trinajstić information content (AvgIpc) is 2.89. The van der Waals surface area contributed by atoms with Crippen molar-refractivity contribution >= 4 is 50.7 Å². The number of sulfonamides is 1. The van der Waals surface area contributed by atoms with Gasteiger partial charge in [-0.3, -0.25) is 13.9 Å². The molecular formula is C27H29Cl2N3O4S. The number of nitrogens with zero attached hydrogens (tertiary/aromatic N) is 2. The molecule has 1 atom stereocenters. The van der Waals surface area contributed by atoms with Gasteiger partial charge in [0.25, 0.3) is 10.0 Å². The number of nitrogens with one attached hydrogen (secondary N) is 1. The fourth-order valence-corrected chi connectivity index (χ4v) is 5.93. The molecule has 0 saturated carbocycles. The number of hydrogen-bond acceptors (Lipinski definition) is 4. The quantitative estimate of drug-likeness (QED) is 0.364. The maximum Gasteiger partial charge on any atom is 0.264 e. The summed E-state index contributed by atoms with van der Waals surface area (Å²) in [6.45, 7) is 1.48. The molecule has 0 bridgehead atoms. The summed E-state index contributed by atoms with van der Waals surface area (Å²) >= 11 is 12.4. The SMILES string of the molecule is CCC(C(=O)NC)N(CCc1ccccc1)C(=O)CN(c1cc(Cl)cc(Cl)c1)S(=O)(=O)c1ccccc1. The Morgan fingerprint density at radius 1 is 0.919 bits per heavy atom. The molecule has 0 aliphatic carbocycles. The van der Waals surface area contributed by atoms with Crippen LogP contribution < -0.4 is 9.62 Å². The summed E-state index contributed by atoms with van der Waals surface area (Å²) in [6.07, 6.45) is 0.850. The molecule has 0 heterocycles. The predicted molar refractivity (Wildman–Crippen MR) is 147 cm³/mol. The minimum atomic E-state index is -4.17. The monoisotopic (exact) mass is 561 g/mol. The zero-order valence-corrected chi connectivity index (χ0v) is 22.9. The van der Waals surface area contributed by atoms with Crippen molar-refractivity contribution in [3.05, 3.63) is 94.5 Å². The van der Waals surface area contributed by atoms with Crippen LogP contribution in [0.4, 0.5) is 5.69 Å². The summed E-state index contributed by atoms with van der Waals surface area (Å²) in [5, 5.41) is 3.05. The van der Waals surface area contributed by atoms with Gasteiger partial charge in [-0.25, -0.2) is 8.42 Å². The fraction of sp³-hybridized carbons (Fsp3) is 0.259. The van der Waals surface area contributed by atoms with Crippen molar-refractivity contribution in [3.63, 3.8) is 0 Å². The van der Waals surface area contributed by atoms with Crippen molar-refractivity contribution < 1.29 is 18.0 Å². The van der Waals surface area contributed by atoms with Crippen LogP contribution in [0.15, 0.2) is 83.8 Å². The summed E-state index contributed by atoms with van der Waals surface area (Å²) in [6, 6.07) is 20.9. The molecule has 0 radical (unpaired) electrons. The lowest BCUT2D eigenvalue weighted by molar-refractivity contribution is -0.139. The largest absolute Gasteiger partial charge is 0.357 e. The number of hydrogen-bond donors (Lipinski definition) is 1. The molecule has 0 aliphatic heterocycles. The number of carbonyl (C=O) groups is 2. The summed E-state index contributed by atoms with van der Waals surface area (Å²) in [5.74, 6) is -0.853. The van der Waals surface area contributed by atoms with Crippen molar-refractivity contribution in [1.82, 2.24) is 10.2 Å². The third-order valence-corrected chi connectivity index (χ3v) is 8.09. The van der Waals surface area contributed by atoms with Crippen molar-refractivity contribution in [3.8, 4) is 0 Å². The molecule has 0 spiro atoms. The first-order valence-corrected chi connectivity index (χ1v) is 14.0. The molecule has 0 aliphatic rings. The summed E-state index contributed by atoms with van der Waals surface area (Å²) in [7, 11) is -2.67. The number of anilines is 1. The molecule has 7 nitrogen and oxygen atoms in total. The second kappa shape index (κ2) is 12.9. The van der Waals surface area contributed by atoms with Gasteiger partial charge < -0.3 is 10.2 Å². The van der Waals surface area contributed by atoms with Crippen LogP contribution in [0.1, 0.15) is 18.9 Å². The van der Waals surface area contributed by atoms with E-state index in [4.69, 9.17) is 23.2 Å². The van der Waals surface area contributed by atoms with Crippen molar-refractivity contribution in [1.29, 1.82) is 0 Å². The highest BCUT2D eigenvalue weighted by Gasteiger charge is 2.33. The van der Waals surface area contributed by atoms with Crippen LogP contribution in [0.5, 0.6) is 0 Å². The highest BCUT2D eigenvalue weighted by atomic mass is 35.5. The van der Waals surface area contributed by atoms with Crippen molar-refractivity contribution in [2.24, 2.45) is 0 Å². The van der Waals surface area contributed by atoms with E-state index in [1.165, 1.54) is 42.3 Å². The number of benzene rings is 3. The second-order valence-corrected chi connectivity index (χ2v) is 11.0. The van der Waals surface area contributed by atoms with Crippen LogP contribution in [0, 0.1) is 0 Å². The Morgan fingerprint density at radius 3 is 2.03 bits per heavy atom. The zero-order valence-electron chi connectivity index (χ0n) is 20.6. The molecule has 0 aromatic heterocycles. The number of likely N-dealkylation sites (N-methyl/N-ethyl adjacent to an activating group) is 1. The number of rotatable bonds is 11. The van der Waals surface area contributed by atoms with Gasteiger partial charge in [-0.2, -0.15) is 0 Å². The third-order valence-electron chi connectivity index (χ3n) is 5.86. The Hall–Kier alpha value is -3.07. The molecule has 196 valence electrons. The first kappa shape index (κ1) is 28.5. The standard InChI is InChI=1S/C27H29Cl2N3O4S/c1-3-25(27(34)30-2)31(15-14-20-10-6-4-7-11-20)26(33)19-32(23-17-21(28)16-22(29)18-23)37(35,36)24-12-8-5-9-13-24/h4-13,16-18,25H,3,14-15,19H2,1-2H3,(H,30,34). The van der Waals surface area contributed by atoms with Gasteiger partial charge in [0.1, 0.15) is 12.6 Å². The van der Waals surface area contributed by atoms with E-state index in [9.17, 15) is 18.0 Å². The summed E-state index contributed by atoms with van der Waals surface area (Å²) in [4.78, 5) is 27.9. The molecule has 3 aromatic rings. The lowest BCUT2D eigenvalue weighted by atomic mass is 10.1. The van der Waals surface area contributed by atoms with Crippen LogP contribution in [-0.2, 0) is 26.0 Å². The lowest BCUT2D eigenvalue weighted by Gasteiger charge is -2.33. The molecule has 3 aromatic carbocycles. The number of halogens is 2. The van der Waals surface area contributed by atoms with Gasteiger partial charge in [0.15, 0.2) is 0 Å². The first-order chi connectivity index (χ1) is 17.7. The molecule has 10 heteroatoms. The van der Waals surface area contributed by atoms with Gasteiger partial charge in [0, 0.05) is 23.6 Å². The molecule has 3 rings (SSSR count). The van der Waals surface area contributed by atoms with E-state index in [1.54, 1.807) is 25.1 Å². The molecule has 1 N–H and O–H groups in total. The van der Waals surface area contributed by atoms with Crippen LogP contribution in [-0.4, -0.2) is 51.3 Å². The smallest absolute Gasteiger partial charge is 0.264 e. The van der Waals surface area contributed by atoms with E-state index in [0.717, 1.165) is 9.87 Å². The normalized spacial score (nSPS) is 12.0. The maximum atomic E-state index is 13.8. The summed E-state index contributed by atoms with van der Waals surface area (Å²) < 4.78 is 28.4.